The molecule has 0 aliphatic carbocycles. The van der Waals surface area contributed by atoms with Gasteiger partial charge >= 0.3 is 0 Å². The zero-order chi connectivity index (χ0) is 19.7. The van der Waals surface area contributed by atoms with Gasteiger partial charge < -0.3 is 4.90 Å². The predicted octanol–water partition coefficient (Wildman–Crippen LogP) is 3.34. The average molecular weight is 401 g/mol. The lowest BCUT2D eigenvalue weighted by Gasteiger charge is -2.37. The minimum absolute atomic E-state index is 0.0156. The van der Waals surface area contributed by atoms with Crippen molar-refractivity contribution in [2.24, 2.45) is 0 Å². The zero-order valence-corrected chi connectivity index (χ0v) is 17.1. The second-order valence-electron chi connectivity index (χ2n) is 7.39. The van der Waals surface area contributed by atoms with E-state index in [0.717, 1.165) is 48.8 Å². The molecular formula is C21H25FN4OS. The van der Waals surface area contributed by atoms with Crippen LogP contribution in [0.2, 0.25) is 0 Å². The van der Waals surface area contributed by atoms with Gasteiger partial charge in [0.15, 0.2) is 0 Å². The average Bonchev–Trinajstić information content (AvgIpc) is 3.17. The van der Waals surface area contributed by atoms with Crippen LogP contribution >= 0.6 is 11.3 Å². The molecule has 4 rings (SSSR count). The second kappa shape index (κ2) is 8.11. The molecule has 0 radical (unpaired) electrons. The van der Waals surface area contributed by atoms with Crippen molar-refractivity contribution in [3.8, 4) is 0 Å². The highest BCUT2D eigenvalue weighted by Gasteiger charge is 2.27. The van der Waals surface area contributed by atoms with Crippen molar-refractivity contribution in [2.75, 3.05) is 33.2 Å². The van der Waals surface area contributed by atoms with Gasteiger partial charge in [-0.15, -0.1) is 11.3 Å². The molecule has 1 aliphatic rings. The Morgan fingerprint density at radius 3 is 2.54 bits per heavy atom. The van der Waals surface area contributed by atoms with Crippen molar-refractivity contribution < 1.29 is 4.39 Å². The van der Waals surface area contributed by atoms with Gasteiger partial charge in [0.25, 0.3) is 5.56 Å². The van der Waals surface area contributed by atoms with Crippen LogP contribution in [0.4, 0.5) is 4.39 Å². The fourth-order valence-corrected chi connectivity index (χ4v) is 4.64. The first-order valence-electron chi connectivity index (χ1n) is 9.71. The Kier molecular flexibility index (Phi) is 5.57. The monoisotopic (exact) mass is 400 g/mol. The van der Waals surface area contributed by atoms with Crippen molar-refractivity contribution in [3.05, 3.63) is 63.3 Å². The second-order valence-corrected chi connectivity index (χ2v) is 8.29. The third-order valence-electron chi connectivity index (χ3n) is 5.53. The van der Waals surface area contributed by atoms with Gasteiger partial charge in [-0.1, -0.05) is 19.1 Å². The fraction of sp³-hybridized carbons (Fsp3) is 0.429. The zero-order valence-electron chi connectivity index (χ0n) is 16.3. The summed E-state index contributed by atoms with van der Waals surface area (Å²) in [6.45, 7) is 6.50. The van der Waals surface area contributed by atoms with Crippen LogP contribution in [0.3, 0.4) is 0 Å². The first-order valence-corrected chi connectivity index (χ1v) is 10.6. The number of thiophene rings is 1. The molecule has 0 amide bonds. The summed E-state index contributed by atoms with van der Waals surface area (Å²) in [7, 11) is 2.14. The van der Waals surface area contributed by atoms with Gasteiger partial charge in [-0.05, 0) is 42.6 Å². The van der Waals surface area contributed by atoms with Gasteiger partial charge in [0.2, 0.25) is 0 Å². The topological polar surface area (TPSA) is 41.4 Å². The Hall–Kier alpha value is -2.09. The lowest BCUT2D eigenvalue weighted by Crippen LogP contribution is -2.47. The van der Waals surface area contributed by atoms with Gasteiger partial charge in [-0.3, -0.25) is 14.3 Å². The number of likely N-dealkylation sites (N-methyl/N-ethyl adjacent to an activating group) is 1. The van der Waals surface area contributed by atoms with Crippen molar-refractivity contribution in [1.82, 2.24) is 19.4 Å². The number of halogens is 1. The fourth-order valence-electron chi connectivity index (χ4n) is 3.88. The standard InChI is InChI=1S/C21H25FN4OS/c1-3-18(25-11-9-24(2)10-12-25)19-23-20-17(8-13-28-20)21(27)26(19)14-15-4-6-16(22)7-5-15/h4-8,13,18H,3,9-12,14H2,1-2H3. The first kappa shape index (κ1) is 19.2. The summed E-state index contributed by atoms with van der Waals surface area (Å²) in [5.74, 6) is 0.544. The molecule has 7 heteroatoms. The van der Waals surface area contributed by atoms with Crippen molar-refractivity contribution in [3.63, 3.8) is 0 Å². The number of piperazine rings is 1. The molecule has 0 N–H and O–H groups in total. The molecule has 0 saturated carbocycles. The van der Waals surface area contributed by atoms with Crippen LogP contribution in [-0.4, -0.2) is 52.6 Å². The van der Waals surface area contributed by atoms with E-state index in [4.69, 9.17) is 4.98 Å². The Morgan fingerprint density at radius 2 is 1.86 bits per heavy atom. The minimum atomic E-state index is -0.272. The molecule has 1 saturated heterocycles. The summed E-state index contributed by atoms with van der Waals surface area (Å²) in [6.07, 6.45) is 0.885. The molecule has 28 heavy (non-hydrogen) atoms. The number of nitrogens with zero attached hydrogens (tertiary/aromatic N) is 4. The van der Waals surface area contributed by atoms with E-state index >= 15 is 0 Å². The molecule has 3 aromatic rings. The summed E-state index contributed by atoms with van der Waals surface area (Å²) in [6, 6.07) is 8.29. The van der Waals surface area contributed by atoms with E-state index in [2.05, 4.69) is 23.8 Å². The molecule has 1 fully saturated rings. The van der Waals surface area contributed by atoms with E-state index in [9.17, 15) is 9.18 Å². The molecule has 3 heterocycles. The maximum atomic E-state index is 13.3. The summed E-state index contributed by atoms with van der Waals surface area (Å²) in [5, 5.41) is 2.58. The number of rotatable bonds is 5. The third kappa shape index (κ3) is 3.74. The van der Waals surface area contributed by atoms with Crippen molar-refractivity contribution >= 4 is 21.6 Å². The van der Waals surface area contributed by atoms with E-state index in [1.807, 2.05) is 11.4 Å². The Labute approximate surface area is 168 Å². The van der Waals surface area contributed by atoms with Crippen molar-refractivity contribution in [1.29, 1.82) is 0 Å². The van der Waals surface area contributed by atoms with E-state index in [1.54, 1.807) is 16.7 Å². The van der Waals surface area contributed by atoms with Crippen LogP contribution in [0.25, 0.3) is 10.2 Å². The SMILES string of the molecule is CCC(c1nc2sccc2c(=O)n1Cc1ccc(F)cc1)N1CCN(C)CC1. The largest absolute Gasteiger partial charge is 0.304 e. The third-order valence-corrected chi connectivity index (χ3v) is 6.34. The van der Waals surface area contributed by atoms with Gasteiger partial charge in [-0.25, -0.2) is 9.37 Å². The summed E-state index contributed by atoms with van der Waals surface area (Å²) in [5.41, 5.74) is 0.882. The molecule has 1 atom stereocenters. The van der Waals surface area contributed by atoms with Crippen LogP contribution < -0.4 is 5.56 Å². The molecule has 148 valence electrons. The molecular weight excluding hydrogens is 375 g/mol. The first-order chi connectivity index (χ1) is 13.6. The molecule has 1 aromatic carbocycles. The molecule has 2 aromatic heterocycles. The van der Waals surface area contributed by atoms with E-state index in [-0.39, 0.29) is 17.4 Å². The number of benzene rings is 1. The lowest BCUT2D eigenvalue weighted by atomic mass is 10.1. The number of hydrogen-bond donors (Lipinski definition) is 0. The van der Waals surface area contributed by atoms with E-state index < -0.39 is 0 Å². The highest BCUT2D eigenvalue weighted by Crippen LogP contribution is 2.26. The van der Waals surface area contributed by atoms with Crippen LogP contribution in [0.15, 0.2) is 40.5 Å². The lowest BCUT2D eigenvalue weighted by molar-refractivity contribution is 0.103. The van der Waals surface area contributed by atoms with Gasteiger partial charge in [0.1, 0.15) is 16.5 Å². The molecule has 1 unspecified atom stereocenters. The molecule has 0 bridgehead atoms. The summed E-state index contributed by atoms with van der Waals surface area (Å²) >= 11 is 1.51. The van der Waals surface area contributed by atoms with Crippen LogP contribution in [-0.2, 0) is 6.54 Å². The quantitative estimate of drug-likeness (QED) is 0.659. The van der Waals surface area contributed by atoms with Crippen molar-refractivity contribution in [2.45, 2.75) is 25.9 Å². The van der Waals surface area contributed by atoms with Gasteiger partial charge in [-0.2, -0.15) is 0 Å². The molecule has 1 aliphatic heterocycles. The van der Waals surface area contributed by atoms with Gasteiger partial charge in [0.05, 0.1) is 18.0 Å². The Morgan fingerprint density at radius 1 is 1.14 bits per heavy atom. The van der Waals surface area contributed by atoms with E-state index in [1.165, 1.54) is 23.5 Å². The summed E-state index contributed by atoms with van der Waals surface area (Å²) < 4.78 is 15.1. The highest BCUT2D eigenvalue weighted by atomic mass is 32.1. The maximum absolute atomic E-state index is 13.3. The van der Waals surface area contributed by atoms with Gasteiger partial charge in [0, 0.05) is 26.2 Å². The highest BCUT2D eigenvalue weighted by molar-refractivity contribution is 7.16. The number of fused-ring (bicyclic) bond motifs is 1. The molecule has 5 nitrogen and oxygen atoms in total. The Balaban J connectivity index is 1.78. The summed E-state index contributed by atoms with van der Waals surface area (Å²) in [4.78, 5) is 23.7. The smallest absolute Gasteiger partial charge is 0.262 e. The molecule has 0 spiro atoms. The van der Waals surface area contributed by atoms with Crippen LogP contribution in [0.1, 0.15) is 30.8 Å². The Bertz CT molecular complexity index is 1010. The van der Waals surface area contributed by atoms with Crippen LogP contribution in [0.5, 0.6) is 0 Å². The van der Waals surface area contributed by atoms with Crippen LogP contribution in [0, 0.1) is 5.82 Å². The predicted molar refractivity (Wildman–Crippen MR) is 111 cm³/mol. The normalized spacial score (nSPS) is 17.2. The maximum Gasteiger partial charge on any atom is 0.262 e. The number of hydrogen-bond acceptors (Lipinski definition) is 5. The number of aromatic nitrogens is 2. The minimum Gasteiger partial charge on any atom is -0.304 e. The van der Waals surface area contributed by atoms with E-state index in [0.29, 0.717) is 11.9 Å².